The summed E-state index contributed by atoms with van der Waals surface area (Å²) in [5.74, 6) is 1.04. The molecule has 0 bridgehead atoms. The predicted molar refractivity (Wildman–Crippen MR) is 128 cm³/mol. The topological polar surface area (TPSA) is 59.9 Å². The molecule has 0 atom stereocenters. The molecule has 0 radical (unpaired) electrons. The van der Waals surface area contributed by atoms with Crippen LogP contribution in [-0.4, -0.2) is 19.2 Å². The molecule has 4 aromatic carbocycles. The van der Waals surface area contributed by atoms with Crippen molar-refractivity contribution >= 4 is 34.5 Å². The number of carbonyl (C=O) groups is 1. The van der Waals surface area contributed by atoms with Gasteiger partial charge in [0, 0.05) is 16.1 Å². The zero-order valence-corrected chi connectivity index (χ0v) is 18.2. The number of fused-ring (bicyclic) bond motifs is 1. The fourth-order valence-corrected chi connectivity index (χ4v) is 3.36. The number of nitrogens with zero attached hydrogens (tertiary/aromatic N) is 1. The van der Waals surface area contributed by atoms with Crippen molar-refractivity contribution in [3.63, 3.8) is 0 Å². The Morgan fingerprint density at radius 1 is 0.969 bits per heavy atom. The van der Waals surface area contributed by atoms with E-state index < -0.39 is 0 Å². The zero-order chi connectivity index (χ0) is 22.3. The molecule has 5 nitrogen and oxygen atoms in total. The number of nitrogens with one attached hydrogen (secondary N) is 1. The quantitative estimate of drug-likeness (QED) is 0.287. The van der Waals surface area contributed by atoms with Gasteiger partial charge in [-0.05, 0) is 58.8 Å². The Hall–Kier alpha value is -3.83. The van der Waals surface area contributed by atoms with Gasteiger partial charge in [-0.25, -0.2) is 5.43 Å². The highest BCUT2D eigenvalue weighted by atomic mass is 35.5. The summed E-state index contributed by atoms with van der Waals surface area (Å²) < 4.78 is 11.2. The molecule has 0 aliphatic rings. The summed E-state index contributed by atoms with van der Waals surface area (Å²) in [6, 6.07) is 26.2. The second-order valence-electron chi connectivity index (χ2n) is 7.04. The summed E-state index contributed by atoms with van der Waals surface area (Å²) in [7, 11) is 1.58. The number of hydrogen-bond donors (Lipinski definition) is 1. The molecule has 0 aliphatic heterocycles. The van der Waals surface area contributed by atoms with E-state index >= 15 is 0 Å². The molecule has 1 amide bonds. The number of halogens is 1. The van der Waals surface area contributed by atoms with Gasteiger partial charge in [-0.2, -0.15) is 5.10 Å². The van der Waals surface area contributed by atoms with E-state index in [2.05, 4.69) is 10.5 Å². The normalized spacial score (nSPS) is 10.9. The Morgan fingerprint density at radius 3 is 2.47 bits per heavy atom. The molecule has 4 aromatic rings. The first-order chi connectivity index (χ1) is 15.6. The molecule has 0 spiro atoms. The third-order valence-electron chi connectivity index (χ3n) is 4.95. The molecule has 1 N–H and O–H groups in total. The fourth-order valence-electron chi connectivity index (χ4n) is 3.24. The van der Waals surface area contributed by atoms with Crippen LogP contribution in [0.25, 0.3) is 10.8 Å². The van der Waals surface area contributed by atoms with Crippen molar-refractivity contribution in [1.82, 2.24) is 5.43 Å². The Labute approximate surface area is 191 Å². The lowest BCUT2D eigenvalue weighted by molar-refractivity contribution is 0.0955. The van der Waals surface area contributed by atoms with Crippen molar-refractivity contribution < 1.29 is 14.3 Å². The Balaban J connectivity index is 1.55. The van der Waals surface area contributed by atoms with Gasteiger partial charge >= 0.3 is 0 Å². The lowest BCUT2D eigenvalue weighted by atomic mass is 10.0. The summed E-state index contributed by atoms with van der Waals surface area (Å²) in [6.07, 6.45) is 1.61. The maximum atomic E-state index is 12.4. The van der Waals surface area contributed by atoms with Gasteiger partial charge < -0.3 is 9.47 Å². The molecule has 0 aromatic heterocycles. The van der Waals surface area contributed by atoms with Crippen molar-refractivity contribution in [1.29, 1.82) is 0 Å². The summed E-state index contributed by atoms with van der Waals surface area (Å²) in [4.78, 5) is 12.4. The molecular formula is C26H21ClN2O3. The van der Waals surface area contributed by atoms with Crippen molar-refractivity contribution in [3.8, 4) is 11.5 Å². The molecule has 0 aliphatic carbocycles. The molecule has 0 saturated carbocycles. The van der Waals surface area contributed by atoms with E-state index in [1.165, 1.54) is 0 Å². The maximum Gasteiger partial charge on any atom is 0.271 e. The van der Waals surface area contributed by atoms with Crippen LogP contribution < -0.4 is 14.9 Å². The van der Waals surface area contributed by atoms with E-state index in [1.54, 1.807) is 37.6 Å². The van der Waals surface area contributed by atoms with Crippen LogP contribution in [0.5, 0.6) is 11.5 Å². The highest BCUT2D eigenvalue weighted by Crippen LogP contribution is 2.27. The van der Waals surface area contributed by atoms with Crippen molar-refractivity contribution in [3.05, 3.63) is 107 Å². The van der Waals surface area contributed by atoms with E-state index in [4.69, 9.17) is 21.1 Å². The number of hydrazone groups is 1. The molecule has 0 heterocycles. The van der Waals surface area contributed by atoms with Crippen LogP contribution in [0.4, 0.5) is 0 Å². The third-order valence-corrected chi connectivity index (χ3v) is 5.20. The van der Waals surface area contributed by atoms with Crippen LogP contribution in [0.15, 0.2) is 90.0 Å². The summed E-state index contributed by atoms with van der Waals surface area (Å²) in [5, 5.41) is 6.89. The van der Waals surface area contributed by atoms with Crippen LogP contribution in [-0.2, 0) is 6.61 Å². The van der Waals surface area contributed by atoms with E-state index in [0.29, 0.717) is 28.7 Å². The molecule has 4 rings (SSSR count). The Kier molecular flexibility index (Phi) is 6.68. The average Bonchev–Trinajstić information content (AvgIpc) is 2.84. The van der Waals surface area contributed by atoms with Crippen LogP contribution in [0.2, 0.25) is 5.02 Å². The number of benzene rings is 4. The standard InChI is InChI=1S/C26H21ClN2O3/c1-31-22-13-8-20(9-14-22)26(30)29-28-16-24-23-5-3-2-4-19(23)10-15-25(24)32-17-18-6-11-21(27)12-7-18/h2-16H,17H2,1H3,(H,29,30)/b28-16-. The van der Waals surface area contributed by atoms with Crippen LogP contribution in [0.1, 0.15) is 21.5 Å². The largest absolute Gasteiger partial charge is 0.497 e. The monoisotopic (exact) mass is 444 g/mol. The van der Waals surface area contributed by atoms with E-state index in [9.17, 15) is 4.79 Å². The number of amides is 1. The van der Waals surface area contributed by atoms with Gasteiger partial charge in [0.2, 0.25) is 0 Å². The predicted octanol–water partition coefficient (Wildman–Crippen LogP) is 5.84. The fraction of sp³-hybridized carbons (Fsp3) is 0.0769. The van der Waals surface area contributed by atoms with E-state index in [0.717, 1.165) is 21.9 Å². The van der Waals surface area contributed by atoms with Gasteiger partial charge in [0.25, 0.3) is 5.91 Å². The van der Waals surface area contributed by atoms with Gasteiger partial charge in [0.05, 0.1) is 13.3 Å². The zero-order valence-electron chi connectivity index (χ0n) is 17.4. The van der Waals surface area contributed by atoms with Gasteiger partial charge in [-0.1, -0.05) is 54.1 Å². The molecular weight excluding hydrogens is 424 g/mol. The summed E-state index contributed by atoms with van der Waals surface area (Å²) in [5.41, 5.74) is 4.85. The second-order valence-corrected chi connectivity index (χ2v) is 7.48. The van der Waals surface area contributed by atoms with Crippen molar-refractivity contribution in [2.45, 2.75) is 6.61 Å². The molecule has 160 valence electrons. The minimum Gasteiger partial charge on any atom is -0.497 e. The van der Waals surface area contributed by atoms with Crippen LogP contribution >= 0.6 is 11.6 Å². The molecule has 0 saturated heterocycles. The SMILES string of the molecule is COc1ccc(C(=O)N/N=C\c2c(OCc3ccc(Cl)cc3)ccc3ccccc23)cc1. The molecule has 0 fully saturated rings. The summed E-state index contributed by atoms with van der Waals surface area (Å²) >= 11 is 5.96. The Bertz CT molecular complexity index is 1250. The van der Waals surface area contributed by atoms with E-state index in [1.807, 2.05) is 60.7 Å². The van der Waals surface area contributed by atoms with Gasteiger partial charge in [-0.15, -0.1) is 0 Å². The Morgan fingerprint density at radius 2 is 1.72 bits per heavy atom. The first kappa shape index (κ1) is 21.4. The lowest BCUT2D eigenvalue weighted by Gasteiger charge is -2.12. The van der Waals surface area contributed by atoms with Crippen LogP contribution in [0, 0.1) is 0 Å². The first-order valence-electron chi connectivity index (χ1n) is 10.0. The number of rotatable bonds is 7. The average molecular weight is 445 g/mol. The molecule has 32 heavy (non-hydrogen) atoms. The minimum atomic E-state index is -0.312. The highest BCUT2D eigenvalue weighted by molar-refractivity contribution is 6.30. The number of ether oxygens (including phenoxy) is 2. The maximum absolute atomic E-state index is 12.4. The lowest BCUT2D eigenvalue weighted by Crippen LogP contribution is -2.17. The van der Waals surface area contributed by atoms with Crippen molar-refractivity contribution in [2.75, 3.05) is 7.11 Å². The van der Waals surface area contributed by atoms with Crippen molar-refractivity contribution in [2.24, 2.45) is 5.10 Å². The summed E-state index contributed by atoms with van der Waals surface area (Å²) in [6.45, 7) is 0.383. The van der Waals surface area contributed by atoms with Gasteiger partial charge in [0.1, 0.15) is 18.1 Å². The minimum absolute atomic E-state index is 0.312. The first-order valence-corrected chi connectivity index (χ1v) is 10.4. The third kappa shape index (κ3) is 5.07. The molecule has 6 heteroatoms. The number of hydrogen-bond acceptors (Lipinski definition) is 4. The second kappa shape index (κ2) is 9.98. The molecule has 0 unspecified atom stereocenters. The smallest absolute Gasteiger partial charge is 0.271 e. The van der Waals surface area contributed by atoms with Gasteiger partial charge in [-0.3, -0.25) is 4.79 Å². The highest BCUT2D eigenvalue weighted by Gasteiger charge is 2.09. The van der Waals surface area contributed by atoms with E-state index in [-0.39, 0.29) is 5.91 Å². The van der Waals surface area contributed by atoms with Gasteiger partial charge in [0.15, 0.2) is 0 Å². The number of carbonyl (C=O) groups excluding carboxylic acids is 1. The van der Waals surface area contributed by atoms with Crippen LogP contribution in [0.3, 0.4) is 0 Å². The number of methoxy groups -OCH3 is 1.